The van der Waals surface area contributed by atoms with E-state index in [1.165, 1.54) is 37.8 Å². The second-order valence-corrected chi connectivity index (χ2v) is 6.32. The van der Waals surface area contributed by atoms with E-state index in [2.05, 4.69) is 0 Å². The fraction of sp³-hybridized carbons (Fsp3) is 0.571. The minimum atomic E-state index is -0.178. The van der Waals surface area contributed by atoms with Crippen molar-refractivity contribution in [2.45, 2.75) is 49.1 Å². The number of hydrogen-bond donors (Lipinski definition) is 1. The molecule has 3 heteroatoms. The average molecular weight is 253 g/mol. The van der Waals surface area contributed by atoms with E-state index >= 15 is 0 Å². The molecule has 2 N–H and O–H groups in total. The van der Waals surface area contributed by atoms with Gasteiger partial charge in [0.15, 0.2) is 0 Å². The van der Waals surface area contributed by atoms with Crippen LogP contribution in [0, 0.1) is 5.82 Å². The standard InChI is InChI=1S/C14H20FNS/c1-10(16)14(17-13-4-2-3-5-13)11-6-8-12(15)9-7-11/h6-10,13-14H,2-5,16H2,1H3. The molecular formula is C14H20FNS. The van der Waals surface area contributed by atoms with E-state index in [4.69, 9.17) is 5.73 Å². The van der Waals surface area contributed by atoms with Crippen LogP contribution in [0.2, 0.25) is 0 Å². The Bertz CT molecular complexity index is 344. The number of thioether (sulfide) groups is 1. The van der Waals surface area contributed by atoms with Gasteiger partial charge in [-0.2, -0.15) is 0 Å². The molecule has 1 nitrogen and oxygen atoms in total. The highest BCUT2D eigenvalue weighted by Gasteiger charge is 2.24. The zero-order chi connectivity index (χ0) is 12.3. The Morgan fingerprint density at radius 3 is 2.35 bits per heavy atom. The Hall–Kier alpha value is -0.540. The van der Waals surface area contributed by atoms with E-state index in [1.807, 2.05) is 30.8 Å². The van der Waals surface area contributed by atoms with Crippen LogP contribution in [-0.2, 0) is 0 Å². The maximum Gasteiger partial charge on any atom is 0.123 e. The van der Waals surface area contributed by atoms with E-state index < -0.39 is 0 Å². The summed E-state index contributed by atoms with van der Waals surface area (Å²) < 4.78 is 12.9. The second kappa shape index (κ2) is 5.87. The van der Waals surface area contributed by atoms with Crippen LogP contribution in [-0.4, -0.2) is 11.3 Å². The maximum absolute atomic E-state index is 12.9. The van der Waals surface area contributed by atoms with Gasteiger partial charge in [-0.25, -0.2) is 4.39 Å². The zero-order valence-electron chi connectivity index (χ0n) is 10.2. The van der Waals surface area contributed by atoms with Gasteiger partial charge in [-0.05, 0) is 37.5 Å². The number of hydrogen-bond acceptors (Lipinski definition) is 2. The normalized spacial score (nSPS) is 20.4. The molecule has 0 heterocycles. The Balaban J connectivity index is 2.08. The van der Waals surface area contributed by atoms with Crippen LogP contribution < -0.4 is 5.73 Å². The SMILES string of the molecule is CC(N)C(SC1CCCC1)c1ccc(F)cc1. The lowest BCUT2D eigenvalue weighted by atomic mass is 10.1. The van der Waals surface area contributed by atoms with Gasteiger partial charge in [0.05, 0.1) is 0 Å². The summed E-state index contributed by atoms with van der Waals surface area (Å²) in [6, 6.07) is 6.89. The number of benzene rings is 1. The van der Waals surface area contributed by atoms with Crippen LogP contribution >= 0.6 is 11.8 Å². The lowest BCUT2D eigenvalue weighted by Gasteiger charge is -2.24. The third kappa shape index (κ3) is 3.46. The predicted octanol–water partition coefficient (Wildman–Crippen LogP) is 3.89. The quantitative estimate of drug-likeness (QED) is 0.881. The smallest absolute Gasteiger partial charge is 0.123 e. The third-order valence-electron chi connectivity index (χ3n) is 3.32. The average Bonchev–Trinajstić information content (AvgIpc) is 2.80. The number of halogens is 1. The summed E-state index contributed by atoms with van der Waals surface area (Å²) in [7, 11) is 0. The minimum absolute atomic E-state index is 0.103. The van der Waals surface area contributed by atoms with Gasteiger partial charge in [0, 0.05) is 16.5 Å². The van der Waals surface area contributed by atoms with Gasteiger partial charge in [-0.1, -0.05) is 25.0 Å². The molecule has 17 heavy (non-hydrogen) atoms. The lowest BCUT2D eigenvalue weighted by molar-refractivity contribution is 0.625. The number of rotatable bonds is 4. The van der Waals surface area contributed by atoms with Gasteiger partial charge in [0.1, 0.15) is 5.82 Å². The highest BCUT2D eigenvalue weighted by atomic mass is 32.2. The summed E-state index contributed by atoms with van der Waals surface area (Å²) >= 11 is 1.97. The van der Waals surface area contributed by atoms with Crippen LogP contribution in [0.5, 0.6) is 0 Å². The third-order valence-corrected chi connectivity index (χ3v) is 5.17. The van der Waals surface area contributed by atoms with Crippen molar-refractivity contribution in [1.29, 1.82) is 0 Å². The topological polar surface area (TPSA) is 26.0 Å². The van der Waals surface area contributed by atoms with Crippen molar-refractivity contribution in [1.82, 2.24) is 0 Å². The molecule has 0 saturated heterocycles. The van der Waals surface area contributed by atoms with Gasteiger partial charge in [0.2, 0.25) is 0 Å². The van der Waals surface area contributed by atoms with Crippen LogP contribution in [0.3, 0.4) is 0 Å². The minimum Gasteiger partial charge on any atom is -0.327 e. The Kier molecular flexibility index (Phi) is 4.46. The number of nitrogens with two attached hydrogens (primary N) is 1. The van der Waals surface area contributed by atoms with Gasteiger partial charge in [-0.3, -0.25) is 0 Å². The molecule has 94 valence electrons. The molecule has 0 aliphatic heterocycles. The molecule has 1 aliphatic rings. The molecule has 1 fully saturated rings. The van der Waals surface area contributed by atoms with Crippen molar-refractivity contribution < 1.29 is 4.39 Å². The largest absolute Gasteiger partial charge is 0.327 e. The molecule has 0 radical (unpaired) electrons. The fourth-order valence-electron chi connectivity index (χ4n) is 2.39. The molecule has 2 atom stereocenters. The molecule has 0 aromatic heterocycles. The molecule has 1 aromatic carbocycles. The molecule has 0 spiro atoms. The summed E-state index contributed by atoms with van der Waals surface area (Å²) in [6.45, 7) is 2.04. The highest BCUT2D eigenvalue weighted by Crippen LogP contribution is 2.40. The van der Waals surface area contributed by atoms with Gasteiger partial charge >= 0.3 is 0 Å². The summed E-state index contributed by atoms with van der Waals surface area (Å²) in [5, 5.41) is 1.02. The predicted molar refractivity (Wildman–Crippen MR) is 72.6 cm³/mol. The summed E-state index contributed by atoms with van der Waals surface area (Å²) in [4.78, 5) is 0. The van der Waals surface area contributed by atoms with E-state index in [0.29, 0.717) is 5.25 Å². The van der Waals surface area contributed by atoms with Crippen molar-refractivity contribution in [2.24, 2.45) is 5.73 Å². The maximum atomic E-state index is 12.9. The van der Waals surface area contributed by atoms with Gasteiger partial charge in [-0.15, -0.1) is 11.8 Å². The van der Waals surface area contributed by atoms with Crippen LogP contribution in [0.4, 0.5) is 4.39 Å². The first-order chi connectivity index (χ1) is 8.16. The van der Waals surface area contributed by atoms with Crippen LogP contribution in [0.1, 0.15) is 43.4 Å². The Morgan fingerprint density at radius 2 is 1.82 bits per heavy atom. The molecule has 1 saturated carbocycles. The summed E-state index contributed by atoms with van der Waals surface area (Å²) in [6.07, 6.45) is 5.28. The molecule has 1 aromatic rings. The van der Waals surface area contributed by atoms with Crippen LogP contribution in [0.25, 0.3) is 0 Å². The molecule has 2 rings (SSSR count). The van der Waals surface area contributed by atoms with Gasteiger partial charge < -0.3 is 5.73 Å². The van der Waals surface area contributed by atoms with Gasteiger partial charge in [0.25, 0.3) is 0 Å². The van der Waals surface area contributed by atoms with Crippen molar-refractivity contribution in [3.8, 4) is 0 Å². The highest BCUT2D eigenvalue weighted by molar-refractivity contribution is 8.00. The van der Waals surface area contributed by atoms with Crippen LogP contribution in [0.15, 0.2) is 24.3 Å². The summed E-state index contributed by atoms with van der Waals surface area (Å²) in [5.41, 5.74) is 7.22. The Morgan fingerprint density at radius 1 is 1.24 bits per heavy atom. The molecule has 2 unspecified atom stereocenters. The first kappa shape index (κ1) is 12.9. The first-order valence-electron chi connectivity index (χ1n) is 6.33. The molecule has 1 aliphatic carbocycles. The van der Waals surface area contributed by atoms with E-state index in [0.717, 1.165) is 10.8 Å². The van der Waals surface area contributed by atoms with Crippen molar-refractivity contribution in [2.75, 3.05) is 0 Å². The van der Waals surface area contributed by atoms with E-state index in [1.54, 1.807) is 0 Å². The van der Waals surface area contributed by atoms with Crippen molar-refractivity contribution in [3.63, 3.8) is 0 Å². The molecule has 0 bridgehead atoms. The van der Waals surface area contributed by atoms with Crippen molar-refractivity contribution in [3.05, 3.63) is 35.6 Å². The first-order valence-corrected chi connectivity index (χ1v) is 7.27. The molecular weight excluding hydrogens is 233 g/mol. The van der Waals surface area contributed by atoms with E-state index in [9.17, 15) is 4.39 Å². The Labute approximate surface area is 107 Å². The van der Waals surface area contributed by atoms with E-state index in [-0.39, 0.29) is 11.9 Å². The monoisotopic (exact) mass is 253 g/mol. The molecule has 0 amide bonds. The van der Waals surface area contributed by atoms with Crippen molar-refractivity contribution >= 4 is 11.8 Å². The lowest BCUT2D eigenvalue weighted by Crippen LogP contribution is -2.24. The fourth-order valence-corrected chi connectivity index (χ4v) is 3.97. The summed E-state index contributed by atoms with van der Waals surface area (Å²) in [5.74, 6) is -0.178. The second-order valence-electron chi connectivity index (χ2n) is 4.87. The zero-order valence-corrected chi connectivity index (χ0v) is 11.0.